The molecule has 0 unspecified atom stereocenters. The van der Waals surface area contributed by atoms with Crippen molar-refractivity contribution < 1.29 is 9.84 Å². The molecule has 0 radical (unpaired) electrons. The van der Waals surface area contributed by atoms with Gasteiger partial charge in [0, 0.05) is 0 Å². The number of phenolic OH excluding ortho intramolecular Hbond substituents is 1. The molecule has 0 amide bonds. The van der Waals surface area contributed by atoms with Crippen LogP contribution in [0.1, 0.15) is 5.56 Å². The Hall–Kier alpha value is -2.47. The van der Waals surface area contributed by atoms with Gasteiger partial charge in [0.25, 0.3) is 0 Å². The van der Waals surface area contributed by atoms with Crippen molar-refractivity contribution in [1.29, 1.82) is 5.26 Å². The van der Waals surface area contributed by atoms with Crippen LogP contribution in [0.25, 0.3) is 0 Å². The van der Waals surface area contributed by atoms with Gasteiger partial charge in [-0.1, -0.05) is 12.1 Å². The first-order valence-corrected chi connectivity index (χ1v) is 4.75. The van der Waals surface area contributed by atoms with Gasteiger partial charge in [-0.25, -0.2) is 0 Å². The van der Waals surface area contributed by atoms with Gasteiger partial charge in [0.2, 0.25) is 0 Å². The van der Waals surface area contributed by atoms with Crippen molar-refractivity contribution in [2.45, 2.75) is 0 Å². The lowest BCUT2D eigenvalue weighted by atomic mass is 10.2. The highest BCUT2D eigenvalue weighted by molar-refractivity contribution is 5.45. The molecule has 0 spiro atoms. The van der Waals surface area contributed by atoms with Crippen molar-refractivity contribution in [3.63, 3.8) is 0 Å². The monoisotopic (exact) mass is 211 g/mol. The Morgan fingerprint density at radius 3 is 2.38 bits per heavy atom. The maximum Gasteiger partial charge on any atom is 0.145 e. The van der Waals surface area contributed by atoms with Crippen LogP contribution < -0.4 is 4.74 Å². The van der Waals surface area contributed by atoms with Crippen molar-refractivity contribution in [2.24, 2.45) is 0 Å². The Morgan fingerprint density at radius 1 is 1.00 bits per heavy atom. The zero-order chi connectivity index (χ0) is 11.4. The van der Waals surface area contributed by atoms with E-state index in [2.05, 4.69) is 6.07 Å². The van der Waals surface area contributed by atoms with Gasteiger partial charge in [-0.2, -0.15) is 5.26 Å². The van der Waals surface area contributed by atoms with Gasteiger partial charge < -0.3 is 9.84 Å². The maximum atomic E-state index is 9.12. The van der Waals surface area contributed by atoms with E-state index in [0.717, 1.165) is 0 Å². The molecule has 0 aromatic heterocycles. The van der Waals surface area contributed by atoms with Gasteiger partial charge in [0.1, 0.15) is 23.3 Å². The molecular formula is C13H9NO2. The fourth-order valence-electron chi connectivity index (χ4n) is 1.29. The molecule has 0 fully saturated rings. The minimum atomic E-state index is 0.181. The minimum Gasteiger partial charge on any atom is -0.508 e. The highest BCUT2D eigenvalue weighted by Gasteiger charge is 2.02. The molecule has 0 bridgehead atoms. The lowest BCUT2D eigenvalue weighted by Crippen LogP contribution is -1.87. The van der Waals surface area contributed by atoms with E-state index in [0.29, 0.717) is 17.1 Å². The van der Waals surface area contributed by atoms with Gasteiger partial charge in [0.05, 0.1) is 5.56 Å². The molecule has 0 heterocycles. The topological polar surface area (TPSA) is 53.2 Å². The second kappa shape index (κ2) is 4.37. The van der Waals surface area contributed by atoms with Gasteiger partial charge >= 0.3 is 0 Å². The SMILES string of the molecule is N#Cc1ccccc1Oc1ccc(O)cc1. The number of nitriles is 1. The zero-order valence-electron chi connectivity index (χ0n) is 8.42. The fourth-order valence-corrected chi connectivity index (χ4v) is 1.29. The number of phenols is 1. The van der Waals surface area contributed by atoms with Crippen LogP contribution in [0.2, 0.25) is 0 Å². The first-order valence-electron chi connectivity index (χ1n) is 4.75. The first-order chi connectivity index (χ1) is 7.79. The Bertz CT molecular complexity index is 526. The smallest absolute Gasteiger partial charge is 0.145 e. The number of nitrogens with zero attached hydrogens (tertiary/aromatic N) is 1. The minimum absolute atomic E-state index is 0.181. The fraction of sp³-hybridized carbons (Fsp3) is 0. The van der Waals surface area contributed by atoms with Gasteiger partial charge in [-0.05, 0) is 36.4 Å². The van der Waals surface area contributed by atoms with Gasteiger partial charge in [0.15, 0.2) is 0 Å². The van der Waals surface area contributed by atoms with Crippen LogP contribution in [0.4, 0.5) is 0 Å². The number of hydrogen-bond acceptors (Lipinski definition) is 3. The average Bonchev–Trinajstić information content (AvgIpc) is 2.33. The molecule has 1 N–H and O–H groups in total. The summed E-state index contributed by atoms with van der Waals surface area (Å²) in [6.07, 6.45) is 0. The molecule has 2 rings (SSSR count). The first kappa shape index (κ1) is 10.1. The van der Waals surface area contributed by atoms with Crippen molar-refractivity contribution >= 4 is 0 Å². The van der Waals surface area contributed by atoms with E-state index in [1.54, 1.807) is 36.4 Å². The van der Waals surface area contributed by atoms with E-state index in [4.69, 9.17) is 15.1 Å². The molecule has 0 saturated carbocycles. The van der Waals surface area contributed by atoms with Crippen LogP contribution in [-0.2, 0) is 0 Å². The molecule has 78 valence electrons. The number of para-hydroxylation sites is 1. The van der Waals surface area contributed by atoms with E-state index in [-0.39, 0.29) is 5.75 Å². The Kier molecular flexibility index (Phi) is 2.75. The van der Waals surface area contributed by atoms with Crippen LogP contribution in [0.3, 0.4) is 0 Å². The molecule has 0 aliphatic heterocycles. The predicted octanol–water partition coefficient (Wildman–Crippen LogP) is 3.06. The molecule has 3 nitrogen and oxygen atoms in total. The third kappa shape index (κ3) is 2.12. The second-order valence-electron chi connectivity index (χ2n) is 3.20. The third-order valence-corrected chi connectivity index (χ3v) is 2.07. The van der Waals surface area contributed by atoms with Crippen LogP contribution in [0, 0.1) is 11.3 Å². The van der Waals surface area contributed by atoms with E-state index < -0.39 is 0 Å². The Morgan fingerprint density at radius 2 is 1.69 bits per heavy atom. The zero-order valence-corrected chi connectivity index (χ0v) is 8.42. The van der Waals surface area contributed by atoms with Crippen molar-refractivity contribution in [3.8, 4) is 23.3 Å². The van der Waals surface area contributed by atoms with Crippen LogP contribution >= 0.6 is 0 Å². The van der Waals surface area contributed by atoms with Crippen LogP contribution in [-0.4, -0.2) is 5.11 Å². The molecule has 3 heteroatoms. The molecular weight excluding hydrogens is 202 g/mol. The van der Waals surface area contributed by atoms with E-state index >= 15 is 0 Å². The number of benzene rings is 2. The average molecular weight is 211 g/mol. The van der Waals surface area contributed by atoms with Crippen LogP contribution in [0.15, 0.2) is 48.5 Å². The summed E-state index contributed by atoms with van der Waals surface area (Å²) in [4.78, 5) is 0. The number of aromatic hydroxyl groups is 1. The Balaban J connectivity index is 2.27. The maximum absolute atomic E-state index is 9.12. The summed E-state index contributed by atoms with van der Waals surface area (Å²) in [5.41, 5.74) is 0.482. The quantitative estimate of drug-likeness (QED) is 0.830. The van der Waals surface area contributed by atoms with E-state index in [1.165, 1.54) is 12.1 Å². The summed E-state index contributed by atoms with van der Waals surface area (Å²) < 4.78 is 5.52. The third-order valence-electron chi connectivity index (χ3n) is 2.07. The van der Waals surface area contributed by atoms with Crippen molar-refractivity contribution in [2.75, 3.05) is 0 Å². The van der Waals surface area contributed by atoms with Crippen molar-refractivity contribution in [1.82, 2.24) is 0 Å². The second-order valence-corrected chi connectivity index (χ2v) is 3.20. The highest BCUT2D eigenvalue weighted by atomic mass is 16.5. The number of hydrogen-bond donors (Lipinski definition) is 1. The highest BCUT2D eigenvalue weighted by Crippen LogP contribution is 2.25. The molecule has 2 aromatic carbocycles. The Labute approximate surface area is 93.2 Å². The normalized spacial score (nSPS) is 9.44. The standard InChI is InChI=1S/C13H9NO2/c14-9-10-3-1-2-4-13(10)16-12-7-5-11(15)6-8-12/h1-8,15H. The molecule has 0 aliphatic rings. The summed E-state index contributed by atoms with van der Waals surface area (Å²) in [5.74, 6) is 1.28. The number of ether oxygens (including phenoxy) is 1. The predicted molar refractivity (Wildman–Crippen MR) is 59.3 cm³/mol. The summed E-state index contributed by atoms with van der Waals surface area (Å²) in [6.45, 7) is 0. The van der Waals surface area contributed by atoms with Crippen molar-refractivity contribution in [3.05, 3.63) is 54.1 Å². The van der Waals surface area contributed by atoms with E-state index in [9.17, 15) is 0 Å². The summed E-state index contributed by atoms with van der Waals surface area (Å²) >= 11 is 0. The molecule has 0 aliphatic carbocycles. The summed E-state index contributed by atoms with van der Waals surface area (Å²) in [6, 6.07) is 15.4. The lowest BCUT2D eigenvalue weighted by molar-refractivity contribution is 0.464. The molecule has 0 atom stereocenters. The molecule has 2 aromatic rings. The van der Waals surface area contributed by atoms with Crippen LogP contribution in [0.5, 0.6) is 17.2 Å². The van der Waals surface area contributed by atoms with E-state index in [1.807, 2.05) is 0 Å². The van der Waals surface area contributed by atoms with Gasteiger partial charge in [-0.3, -0.25) is 0 Å². The molecule has 0 saturated heterocycles. The largest absolute Gasteiger partial charge is 0.508 e. The number of rotatable bonds is 2. The molecule has 16 heavy (non-hydrogen) atoms. The summed E-state index contributed by atoms with van der Waals surface area (Å²) in [7, 11) is 0. The lowest BCUT2D eigenvalue weighted by Gasteiger charge is -2.06. The van der Waals surface area contributed by atoms with Gasteiger partial charge in [-0.15, -0.1) is 0 Å². The summed E-state index contributed by atoms with van der Waals surface area (Å²) in [5, 5.41) is 18.0.